The summed E-state index contributed by atoms with van der Waals surface area (Å²) < 4.78 is 0. The molecule has 0 bridgehead atoms. The maximum atomic E-state index is 11.7. The van der Waals surface area contributed by atoms with Gasteiger partial charge in [0, 0.05) is 18.1 Å². The van der Waals surface area contributed by atoms with Crippen LogP contribution in [0.5, 0.6) is 0 Å². The normalized spacial score (nSPS) is 9.85. The number of nitrogen functional groups attached to an aromatic ring is 1. The largest absolute Gasteiger partial charge is 0.398 e. The second-order valence-corrected chi connectivity index (χ2v) is 4.12. The summed E-state index contributed by atoms with van der Waals surface area (Å²) in [7, 11) is 0. The molecular weight excluding hydrogens is 282 g/mol. The van der Waals surface area contributed by atoms with Crippen molar-refractivity contribution in [3.63, 3.8) is 0 Å². The summed E-state index contributed by atoms with van der Waals surface area (Å²) >= 11 is 5.81. The third-order valence-corrected chi connectivity index (χ3v) is 2.58. The third-order valence-electron chi connectivity index (χ3n) is 2.26. The van der Waals surface area contributed by atoms with Crippen LogP contribution in [0, 0.1) is 0 Å². The smallest absolute Gasteiger partial charge is 0.316 e. The Bertz CT molecular complexity index is 648. The maximum absolute atomic E-state index is 11.7. The molecule has 0 aliphatic rings. The van der Waals surface area contributed by atoms with Crippen molar-refractivity contribution in [3.05, 3.63) is 41.7 Å². The first-order valence-electron chi connectivity index (χ1n) is 5.50. The average Bonchev–Trinajstić information content (AvgIpc) is 2.44. The van der Waals surface area contributed by atoms with E-state index >= 15 is 0 Å². The second-order valence-electron chi connectivity index (χ2n) is 3.72. The predicted octanol–water partition coefficient (Wildman–Crippen LogP) is 1.29. The zero-order valence-corrected chi connectivity index (χ0v) is 10.9. The molecule has 2 aromatic rings. The van der Waals surface area contributed by atoms with Gasteiger partial charge in [0.2, 0.25) is 5.95 Å². The van der Waals surface area contributed by atoms with E-state index in [2.05, 4.69) is 20.6 Å². The van der Waals surface area contributed by atoms with E-state index < -0.39 is 11.8 Å². The quantitative estimate of drug-likeness (QED) is 0.570. The van der Waals surface area contributed by atoms with Gasteiger partial charge < -0.3 is 11.1 Å². The van der Waals surface area contributed by atoms with E-state index in [1.807, 2.05) is 0 Å². The molecule has 0 unspecified atom stereocenters. The summed E-state index contributed by atoms with van der Waals surface area (Å²) in [6.45, 7) is 0. The van der Waals surface area contributed by atoms with E-state index in [1.54, 1.807) is 6.07 Å². The molecule has 4 N–H and O–H groups in total. The number of aromatic nitrogens is 2. The van der Waals surface area contributed by atoms with Gasteiger partial charge in [-0.05, 0) is 24.3 Å². The molecule has 0 radical (unpaired) electrons. The van der Waals surface area contributed by atoms with Crippen molar-refractivity contribution in [2.45, 2.75) is 0 Å². The molecule has 0 saturated carbocycles. The SMILES string of the molecule is Nc1ccc(NC(=O)C(=O)Nc2ncccn2)cc1Cl. The van der Waals surface area contributed by atoms with Gasteiger partial charge in [-0.3, -0.25) is 14.9 Å². The molecular formula is C12H10ClN5O2. The molecule has 20 heavy (non-hydrogen) atoms. The van der Waals surface area contributed by atoms with Gasteiger partial charge in [-0.25, -0.2) is 9.97 Å². The lowest BCUT2D eigenvalue weighted by Crippen LogP contribution is -2.29. The van der Waals surface area contributed by atoms with Gasteiger partial charge in [0.25, 0.3) is 0 Å². The minimum atomic E-state index is -0.885. The summed E-state index contributed by atoms with van der Waals surface area (Å²) in [5.41, 5.74) is 6.28. The number of anilines is 3. The first-order valence-corrected chi connectivity index (χ1v) is 5.88. The van der Waals surface area contributed by atoms with E-state index in [0.717, 1.165) is 0 Å². The lowest BCUT2D eigenvalue weighted by Gasteiger charge is -2.06. The Morgan fingerprint density at radius 2 is 1.75 bits per heavy atom. The van der Waals surface area contributed by atoms with Gasteiger partial charge in [0.05, 0.1) is 10.7 Å². The van der Waals surface area contributed by atoms with E-state index in [1.165, 1.54) is 30.6 Å². The number of nitrogens with two attached hydrogens (primary N) is 1. The fourth-order valence-corrected chi connectivity index (χ4v) is 1.50. The number of benzene rings is 1. The molecule has 0 aliphatic carbocycles. The number of amides is 2. The number of rotatable bonds is 2. The maximum Gasteiger partial charge on any atom is 0.316 e. The molecule has 0 atom stereocenters. The first kappa shape index (κ1) is 13.8. The summed E-state index contributed by atoms with van der Waals surface area (Å²) in [5.74, 6) is -1.70. The number of carbonyl (C=O) groups is 2. The van der Waals surface area contributed by atoms with Crippen LogP contribution in [-0.4, -0.2) is 21.8 Å². The van der Waals surface area contributed by atoms with Gasteiger partial charge in [-0.15, -0.1) is 0 Å². The highest BCUT2D eigenvalue weighted by molar-refractivity contribution is 6.43. The Balaban J connectivity index is 2.01. The zero-order chi connectivity index (χ0) is 14.5. The van der Waals surface area contributed by atoms with E-state index in [9.17, 15) is 9.59 Å². The number of nitrogens with one attached hydrogen (secondary N) is 2. The van der Waals surface area contributed by atoms with Crippen LogP contribution in [0.15, 0.2) is 36.7 Å². The van der Waals surface area contributed by atoms with Gasteiger partial charge >= 0.3 is 11.8 Å². The molecule has 102 valence electrons. The van der Waals surface area contributed by atoms with Crippen LogP contribution < -0.4 is 16.4 Å². The molecule has 2 rings (SSSR count). The van der Waals surface area contributed by atoms with Crippen molar-refractivity contribution < 1.29 is 9.59 Å². The van der Waals surface area contributed by atoms with E-state index in [-0.39, 0.29) is 11.0 Å². The molecule has 0 spiro atoms. The molecule has 1 aromatic carbocycles. The predicted molar refractivity (Wildman–Crippen MR) is 75.2 cm³/mol. The summed E-state index contributed by atoms with van der Waals surface area (Å²) in [4.78, 5) is 30.8. The number of carbonyl (C=O) groups excluding carboxylic acids is 2. The van der Waals surface area contributed by atoms with Gasteiger partial charge in [-0.1, -0.05) is 11.6 Å². The number of hydrogen-bond donors (Lipinski definition) is 3. The van der Waals surface area contributed by atoms with Crippen molar-refractivity contribution in [1.82, 2.24) is 9.97 Å². The Morgan fingerprint density at radius 1 is 1.10 bits per heavy atom. The van der Waals surface area contributed by atoms with Crippen LogP contribution in [0.4, 0.5) is 17.3 Å². The van der Waals surface area contributed by atoms with Crippen LogP contribution in [0.3, 0.4) is 0 Å². The lowest BCUT2D eigenvalue weighted by atomic mass is 10.3. The van der Waals surface area contributed by atoms with Crippen LogP contribution >= 0.6 is 11.6 Å². The van der Waals surface area contributed by atoms with Crippen molar-refractivity contribution >= 4 is 40.7 Å². The van der Waals surface area contributed by atoms with Crippen molar-refractivity contribution in [2.75, 3.05) is 16.4 Å². The summed E-state index contributed by atoms with van der Waals surface area (Å²) in [6, 6.07) is 6.09. The highest BCUT2D eigenvalue weighted by atomic mass is 35.5. The monoisotopic (exact) mass is 291 g/mol. The van der Waals surface area contributed by atoms with Crippen LogP contribution in [0.2, 0.25) is 5.02 Å². The molecule has 7 nitrogen and oxygen atoms in total. The fraction of sp³-hybridized carbons (Fsp3) is 0. The Kier molecular flexibility index (Phi) is 4.11. The van der Waals surface area contributed by atoms with Crippen molar-refractivity contribution in [3.8, 4) is 0 Å². The molecule has 2 amide bonds. The topological polar surface area (TPSA) is 110 Å². The number of hydrogen-bond acceptors (Lipinski definition) is 5. The highest BCUT2D eigenvalue weighted by Crippen LogP contribution is 2.22. The van der Waals surface area contributed by atoms with Gasteiger partial charge in [-0.2, -0.15) is 0 Å². The second kappa shape index (κ2) is 5.98. The number of halogens is 1. The molecule has 0 saturated heterocycles. The van der Waals surface area contributed by atoms with Crippen molar-refractivity contribution in [2.24, 2.45) is 0 Å². The van der Waals surface area contributed by atoms with E-state index in [4.69, 9.17) is 17.3 Å². The van der Waals surface area contributed by atoms with Gasteiger partial charge in [0.15, 0.2) is 0 Å². The third kappa shape index (κ3) is 3.42. The highest BCUT2D eigenvalue weighted by Gasteiger charge is 2.15. The lowest BCUT2D eigenvalue weighted by molar-refractivity contribution is -0.133. The van der Waals surface area contributed by atoms with Crippen LogP contribution in [-0.2, 0) is 9.59 Å². The molecule has 0 aliphatic heterocycles. The molecule has 1 heterocycles. The van der Waals surface area contributed by atoms with Crippen LogP contribution in [0.25, 0.3) is 0 Å². The minimum Gasteiger partial charge on any atom is -0.398 e. The summed E-state index contributed by atoms with van der Waals surface area (Å²) in [5, 5.41) is 4.93. The number of nitrogens with zero attached hydrogens (tertiary/aromatic N) is 2. The molecule has 1 aromatic heterocycles. The van der Waals surface area contributed by atoms with Crippen LogP contribution in [0.1, 0.15) is 0 Å². The zero-order valence-electron chi connectivity index (χ0n) is 10.1. The Morgan fingerprint density at radius 3 is 2.40 bits per heavy atom. The van der Waals surface area contributed by atoms with Crippen molar-refractivity contribution in [1.29, 1.82) is 0 Å². The minimum absolute atomic E-state index is 0.0444. The first-order chi connectivity index (χ1) is 9.56. The van der Waals surface area contributed by atoms with E-state index in [0.29, 0.717) is 11.4 Å². The standard InChI is InChI=1S/C12H10ClN5O2/c13-8-6-7(2-3-9(8)14)17-10(19)11(20)18-12-15-4-1-5-16-12/h1-6H,14H2,(H,17,19)(H,15,16,18,20). The molecule has 0 fully saturated rings. The average molecular weight is 292 g/mol. The van der Waals surface area contributed by atoms with Gasteiger partial charge in [0.1, 0.15) is 0 Å². The Hall–Kier alpha value is -2.67. The summed E-state index contributed by atoms with van der Waals surface area (Å²) in [6.07, 6.45) is 2.89. The molecule has 8 heteroatoms. The Labute approximate surface area is 119 Å². The fourth-order valence-electron chi connectivity index (χ4n) is 1.31.